The van der Waals surface area contributed by atoms with E-state index in [1.54, 1.807) is 19.4 Å². The van der Waals surface area contributed by atoms with Gasteiger partial charge in [-0.3, -0.25) is 9.78 Å². The molecule has 2 aromatic rings. The normalized spacial score (nSPS) is 10.3. The smallest absolute Gasteiger partial charge is 0.221 e. The molecule has 0 aliphatic rings. The minimum absolute atomic E-state index is 0.125. The second-order valence-electron chi connectivity index (χ2n) is 3.52. The number of hydrogen-bond donors (Lipinski definition) is 1. The van der Waals surface area contributed by atoms with Gasteiger partial charge in [0, 0.05) is 24.6 Å². The molecule has 0 saturated heterocycles. The fraction of sp³-hybridized carbons (Fsp3) is 0.167. The third-order valence-corrected chi connectivity index (χ3v) is 3.43. The first-order chi connectivity index (χ1) is 8.13. The molecule has 0 radical (unpaired) electrons. The summed E-state index contributed by atoms with van der Waals surface area (Å²) in [5.41, 5.74) is 1.44. The summed E-state index contributed by atoms with van der Waals surface area (Å²) in [7, 11) is 1.61. The highest BCUT2D eigenvalue weighted by molar-refractivity contribution is 14.1. The van der Waals surface area contributed by atoms with Gasteiger partial charge in [0.2, 0.25) is 5.91 Å². The summed E-state index contributed by atoms with van der Waals surface area (Å²) in [4.78, 5) is 15.5. The van der Waals surface area contributed by atoms with Gasteiger partial charge in [-0.15, -0.1) is 0 Å². The van der Waals surface area contributed by atoms with Crippen LogP contribution in [0.15, 0.2) is 24.4 Å². The van der Waals surface area contributed by atoms with Crippen LogP contribution in [0.3, 0.4) is 0 Å². The highest BCUT2D eigenvalue weighted by Crippen LogP contribution is 2.33. The molecule has 1 N–H and O–H groups in total. The van der Waals surface area contributed by atoms with E-state index in [0.29, 0.717) is 5.69 Å². The van der Waals surface area contributed by atoms with Crippen LogP contribution < -0.4 is 10.1 Å². The van der Waals surface area contributed by atoms with Gasteiger partial charge < -0.3 is 10.1 Å². The number of benzene rings is 1. The summed E-state index contributed by atoms with van der Waals surface area (Å²) in [6, 6.07) is 5.61. The van der Waals surface area contributed by atoms with Crippen LogP contribution in [-0.4, -0.2) is 18.0 Å². The third kappa shape index (κ3) is 2.33. The SMILES string of the molecule is COc1cc(NC(C)=O)c2ncccc2c1I. The Kier molecular flexibility index (Phi) is 3.46. The lowest BCUT2D eigenvalue weighted by Gasteiger charge is -2.11. The van der Waals surface area contributed by atoms with E-state index in [2.05, 4.69) is 32.9 Å². The third-order valence-electron chi connectivity index (χ3n) is 2.32. The first kappa shape index (κ1) is 12.1. The highest BCUT2D eigenvalue weighted by atomic mass is 127. The van der Waals surface area contributed by atoms with Crippen LogP contribution in [0.4, 0.5) is 5.69 Å². The Hall–Kier alpha value is -1.37. The van der Waals surface area contributed by atoms with E-state index in [1.807, 2.05) is 12.1 Å². The molecule has 1 heterocycles. The lowest BCUT2D eigenvalue weighted by atomic mass is 10.1. The van der Waals surface area contributed by atoms with Crippen LogP contribution >= 0.6 is 22.6 Å². The fourth-order valence-electron chi connectivity index (χ4n) is 1.63. The molecule has 0 spiro atoms. The number of halogens is 1. The second kappa shape index (κ2) is 4.87. The summed E-state index contributed by atoms with van der Waals surface area (Å²) in [6.45, 7) is 1.47. The molecule has 88 valence electrons. The van der Waals surface area contributed by atoms with Gasteiger partial charge >= 0.3 is 0 Å². The van der Waals surface area contributed by atoms with Crippen molar-refractivity contribution in [3.05, 3.63) is 28.0 Å². The number of ether oxygens (including phenoxy) is 1. The number of aromatic nitrogens is 1. The van der Waals surface area contributed by atoms with Crippen molar-refractivity contribution in [3.63, 3.8) is 0 Å². The minimum Gasteiger partial charge on any atom is -0.496 e. The monoisotopic (exact) mass is 342 g/mol. The molecule has 0 bridgehead atoms. The lowest BCUT2D eigenvalue weighted by molar-refractivity contribution is -0.114. The molecule has 0 aliphatic carbocycles. The van der Waals surface area contributed by atoms with Crippen LogP contribution in [0.25, 0.3) is 10.9 Å². The van der Waals surface area contributed by atoms with Crippen LogP contribution in [0.2, 0.25) is 0 Å². The molecule has 0 unspecified atom stereocenters. The van der Waals surface area contributed by atoms with E-state index in [9.17, 15) is 4.79 Å². The zero-order chi connectivity index (χ0) is 12.4. The number of nitrogens with one attached hydrogen (secondary N) is 1. The number of carbonyl (C=O) groups excluding carboxylic acids is 1. The van der Waals surface area contributed by atoms with Crippen molar-refractivity contribution in [2.45, 2.75) is 6.92 Å². The number of pyridine rings is 1. The molecule has 1 aromatic heterocycles. The molecule has 0 aliphatic heterocycles. The summed E-state index contributed by atoms with van der Waals surface area (Å²) in [5, 5.41) is 3.73. The van der Waals surface area contributed by atoms with Crippen LogP contribution in [0, 0.1) is 3.57 Å². The van der Waals surface area contributed by atoms with Gasteiger partial charge in [-0.2, -0.15) is 0 Å². The molecular formula is C12H11IN2O2. The zero-order valence-corrected chi connectivity index (χ0v) is 11.6. The second-order valence-corrected chi connectivity index (χ2v) is 4.60. The van der Waals surface area contributed by atoms with Crippen molar-refractivity contribution in [2.24, 2.45) is 0 Å². The molecule has 2 rings (SSSR count). The van der Waals surface area contributed by atoms with Gasteiger partial charge in [0.25, 0.3) is 0 Å². The van der Waals surface area contributed by atoms with Crippen molar-refractivity contribution < 1.29 is 9.53 Å². The quantitative estimate of drug-likeness (QED) is 0.854. The number of carbonyl (C=O) groups is 1. The minimum atomic E-state index is -0.125. The zero-order valence-electron chi connectivity index (χ0n) is 9.45. The Morgan fingerprint density at radius 1 is 1.53 bits per heavy atom. The number of hydrogen-bond acceptors (Lipinski definition) is 3. The summed E-state index contributed by atoms with van der Waals surface area (Å²) >= 11 is 2.21. The van der Waals surface area contributed by atoms with E-state index in [4.69, 9.17) is 4.74 Å². The maximum Gasteiger partial charge on any atom is 0.221 e. The fourth-order valence-corrected chi connectivity index (χ4v) is 2.44. The van der Waals surface area contributed by atoms with E-state index in [-0.39, 0.29) is 5.91 Å². The summed E-state index contributed by atoms with van der Waals surface area (Å²) < 4.78 is 6.28. The molecular weight excluding hydrogens is 331 g/mol. The van der Waals surface area contributed by atoms with Gasteiger partial charge in [0.1, 0.15) is 5.75 Å². The van der Waals surface area contributed by atoms with Gasteiger partial charge in [-0.1, -0.05) is 0 Å². The van der Waals surface area contributed by atoms with E-state index in [1.165, 1.54) is 6.92 Å². The summed E-state index contributed by atoms with van der Waals surface area (Å²) in [5.74, 6) is 0.607. The predicted molar refractivity (Wildman–Crippen MR) is 75.3 cm³/mol. The Morgan fingerprint density at radius 2 is 2.29 bits per heavy atom. The van der Waals surface area contributed by atoms with Crippen LogP contribution in [0.1, 0.15) is 6.92 Å². The Morgan fingerprint density at radius 3 is 2.94 bits per heavy atom. The topological polar surface area (TPSA) is 51.2 Å². The molecule has 0 fully saturated rings. The lowest BCUT2D eigenvalue weighted by Crippen LogP contribution is -2.07. The number of methoxy groups -OCH3 is 1. The highest BCUT2D eigenvalue weighted by Gasteiger charge is 2.12. The average molecular weight is 342 g/mol. The van der Waals surface area contributed by atoms with Crippen molar-refractivity contribution in [1.29, 1.82) is 0 Å². The molecule has 17 heavy (non-hydrogen) atoms. The molecule has 0 saturated carbocycles. The van der Waals surface area contributed by atoms with E-state index >= 15 is 0 Å². The first-order valence-corrected chi connectivity index (χ1v) is 6.10. The van der Waals surface area contributed by atoms with Crippen molar-refractivity contribution in [1.82, 2.24) is 4.98 Å². The molecule has 0 atom stereocenters. The predicted octanol–water partition coefficient (Wildman–Crippen LogP) is 2.81. The van der Waals surface area contributed by atoms with Gasteiger partial charge in [-0.05, 0) is 34.7 Å². The Balaban J connectivity index is 2.73. The molecule has 1 aromatic carbocycles. The largest absolute Gasteiger partial charge is 0.496 e. The number of nitrogens with zero attached hydrogens (tertiary/aromatic N) is 1. The number of amides is 1. The number of anilines is 1. The van der Waals surface area contributed by atoms with Gasteiger partial charge in [0.15, 0.2) is 0 Å². The first-order valence-electron chi connectivity index (χ1n) is 5.02. The van der Waals surface area contributed by atoms with Crippen molar-refractivity contribution in [3.8, 4) is 5.75 Å². The number of rotatable bonds is 2. The molecule has 4 nitrogen and oxygen atoms in total. The maximum absolute atomic E-state index is 11.2. The van der Waals surface area contributed by atoms with Gasteiger partial charge in [-0.25, -0.2) is 0 Å². The van der Waals surface area contributed by atoms with E-state index < -0.39 is 0 Å². The Labute approximate surface area is 113 Å². The number of fused-ring (bicyclic) bond motifs is 1. The Bertz CT molecular complexity index is 584. The molecule has 1 amide bonds. The molecule has 5 heteroatoms. The van der Waals surface area contributed by atoms with E-state index in [0.717, 1.165) is 20.2 Å². The standard InChI is InChI=1S/C12H11IN2O2/c1-7(16)15-9-6-10(17-2)11(13)8-4-3-5-14-12(8)9/h3-6H,1-2H3,(H,15,16). The maximum atomic E-state index is 11.2. The van der Waals surface area contributed by atoms with Crippen LogP contribution in [-0.2, 0) is 4.79 Å². The average Bonchev–Trinajstić information content (AvgIpc) is 2.32. The van der Waals surface area contributed by atoms with Crippen molar-refractivity contribution in [2.75, 3.05) is 12.4 Å². The van der Waals surface area contributed by atoms with Gasteiger partial charge in [0.05, 0.1) is 21.9 Å². The van der Waals surface area contributed by atoms with Crippen molar-refractivity contribution >= 4 is 45.1 Å². The van der Waals surface area contributed by atoms with Crippen LogP contribution in [0.5, 0.6) is 5.75 Å². The summed E-state index contributed by atoms with van der Waals surface area (Å²) in [6.07, 6.45) is 1.70.